The Morgan fingerprint density at radius 2 is 1.71 bits per heavy atom. The number of likely N-dealkylation sites (tertiary alicyclic amines) is 1. The van der Waals surface area contributed by atoms with Crippen molar-refractivity contribution in [3.63, 3.8) is 0 Å². The first-order valence-electron chi connectivity index (χ1n) is 9.52. The summed E-state index contributed by atoms with van der Waals surface area (Å²) in [5, 5.41) is 0. The minimum atomic E-state index is -3.93. The van der Waals surface area contributed by atoms with Crippen LogP contribution >= 0.6 is 0 Å². The number of nitrogens with zero attached hydrogens (tertiary/aromatic N) is 2. The third-order valence-electron chi connectivity index (χ3n) is 4.78. The van der Waals surface area contributed by atoms with E-state index in [2.05, 4.69) is 0 Å². The van der Waals surface area contributed by atoms with Crippen molar-refractivity contribution in [1.29, 1.82) is 0 Å². The van der Waals surface area contributed by atoms with Crippen LogP contribution in [0, 0.1) is 6.92 Å². The molecule has 0 unspecified atom stereocenters. The minimum Gasteiger partial charge on any atom is -0.492 e. The summed E-state index contributed by atoms with van der Waals surface area (Å²) in [5.74, 6) is 0.245. The molecule has 2 aromatic carbocycles. The van der Waals surface area contributed by atoms with E-state index in [-0.39, 0.29) is 17.3 Å². The molecule has 0 spiro atoms. The van der Waals surface area contributed by atoms with Crippen LogP contribution < -0.4 is 9.04 Å². The van der Waals surface area contributed by atoms with Crippen molar-refractivity contribution >= 4 is 21.6 Å². The fourth-order valence-electron chi connectivity index (χ4n) is 3.27. The van der Waals surface area contributed by atoms with E-state index < -0.39 is 10.0 Å². The summed E-state index contributed by atoms with van der Waals surface area (Å²) in [7, 11) is -3.93. The molecule has 0 N–H and O–H groups in total. The van der Waals surface area contributed by atoms with Crippen LogP contribution in [0.25, 0.3) is 0 Å². The highest BCUT2D eigenvalue weighted by atomic mass is 32.2. The predicted octanol–water partition coefficient (Wildman–Crippen LogP) is 3.21. The molecule has 0 aliphatic carbocycles. The SMILES string of the molecule is CCOc1ccccc1N(CC(=O)N1CCCC1)S(=O)(=O)c1ccc(C)cc1. The van der Waals surface area contributed by atoms with E-state index in [9.17, 15) is 13.2 Å². The normalized spacial score (nSPS) is 14.1. The lowest BCUT2D eigenvalue weighted by Crippen LogP contribution is -2.42. The fraction of sp³-hybridized carbons (Fsp3) is 0.381. The number of hydrogen-bond acceptors (Lipinski definition) is 4. The number of para-hydroxylation sites is 2. The first-order valence-corrected chi connectivity index (χ1v) is 11.0. The molecule has 0 radical (unpaired) electrons. The van der Waals surface area contributed by atoms with Gasteiger partial charge in [-0.1, -0.05) is 29.8 Å². The number of hydrogen-bond donors (Lipinski definition) is 0. The van der Waals surface area contributed by atoms with Crippen LogP contribution in [0.2, 0.25) is 0 Å². The topological polar surface area (TPSA) is 66.9 Å². The van der Waals surface area contributed by atoms with Crippen molar-refractivity contribution in [2.75, 3.05) is 30.5 Å². The number of amides is 1. The molecule has 7 heteroatoms. The van der Waals surface area contributed by atoms with Crippen LogP contribution in [-0.2, 0) is 14.8 Å². The number of carbonyl (C=O) groups is 1. The van der Waals surface area contributed by atoms with Gasteiger partial charge in [-0.15, -0.1) is 0 Å². The molecule has 0 aromatic heterocycles. The van der Waals surface area contributed by atoms with Crippen LogP contribution in [0.4, 0.5) is 5.69 Å². The van der Waals surface area contributed by atoms with Crippen LogP contribution in [0.3, 0.4) is 0 Å². The number of carbonyl (C=O) groups excluding carboxylic acids is 1. The van der Waals surface area contributed by atoms with Crippen LogP contribution in [0.5, 0.6) is 5.75 Å². The molecule has 0 atom stereocenters. The van der Waals surface area contributed by atoms with E-state index in [0.29, 0.717) is 31.1 Å². The van der Waals surface area contributed by atoms with Gasteiger partial charge in [0.1, 0.15) is 12.3 Å². The second-order valence-electron chi connectivity index (χ2n) is 6.81. The summed E-state index contributed by atoms with van der Waals surface area (Å²) in [6, 6.07) is 13.6. The summed E-state index contributed by atoms with van der Waals surface area (Å²) in [6.45, 7) is 5.23. The van der Waals surface area contributed by atoms with Crippen LogP contribution in [-0.4, -0.2) is 45.5 Å². The zero-order chi connectivity index (χ0) is 20.1. The van der Waals surface area contributed by atoms with Gasteiger partial charge in [-0.3, -0.25) is 9.10 Å². The second kappa shape index (κ2) is 8.65. The zero-order valence-electron chi connectivity index (χ0n) is 16.3. The molecule has 1 amide bonds. The van der Waals surface area contributed by atoms with Crippen molar-refractivity contribution in [3.05, 3.63) is 54.1 Å². The molecular formula is C21H26N2O4S. The zero-order valence-corrected chi connectivity index (χ0v) is 17.1. The number of aryl methyl sites for hydroxylation is 1. The molecule has 1 aliphatic rings. The van der Waals surface area contributed by atoms with Gasteiger partial charge in [-0.2, -0.15) is 0 Å². The van der Waals surface area contributed by atoms with Gasteiger partial charge in [0.25, 0.3) is 10.0 Å². The number of benzene rings is 2. The largest absolute Gasteiger partial charge is 0.492 e. The monoisotopic (exact) mass is 402 g/mol. The molecular weight excluding hydrogens is 376 g/mol. The Bertz CT molecular complexity index is 920. The highest BCUT2D eigenvalue weighted by molar-refractivity contribution is 7.92. The van der Waals surface area contributed by atoms with Gasteiger partial charge >= 0.3 is 0 Å². The Balaban J connectivity index is 2.03. The number of sulfonamides is 1. The first-order chi connectivity index (χ1) is 13.4. The van der Waals surface area contributed by atoms with E-state index in [4.69, 9.17) is 4.74 Å². The highest BCUT2D eigenvalue weighted by Gasteiger charge is 2.31. The standard InChI is InChI=1S/C21H26N2O4S/c1-3-27-20-9-5-4-8-19(20)23(16-21(24)22-14-6-7-15-22)28(25,26)18-12-10-17(2)11-13-18/h4-5,8-13H,3,6-7,14-16H2,1-2H3. The van der Waals surface area contributed by atoms with E-state index in [1.807, 2.05) is 13.8 Å². The van der Waals surface area contributed by atoms with E-state index in [1.165, 1.54) is 4.31 Å². The van der Waals surface area contributed by atoms with E-state index >= 15 is 0 Å². The summed E-state index contributed by atoms with van der Waals surface area (Å²) in [6.07, 6.45) is 1.90. The number of rotatable bonds is 7. The Kier molecular flexibility index (Phi) is 6.24. The van der Waals surface area contributed by atoms with Crippen LogP contribution in [0.15, 0.2) is 53.4 Å². The van der Waals surface area contributed by atoms with Gasteiger partial charge in [0.05, 0.1) is 17.2 Å². The highest BCUT2D eigenvalue weighted by Crippen LogP contribution is 2.32. The summed E-state index contributed by atoms with van der Waals surface area (Å²) in [5.41, 5.74) is 1.34. The third-order valence-corrected chi connectivity index (χ3v) is 6.55. The first kappa shape index (κ1) is 20.2. The van der Waals surface area contributed by atoms with E-state index in [0.717, 1.165) is 18.4 Å². The smallest absolute Gasteiger partial charge is 0.264 e. The quantitative estimate of drug-likeness (QED) is 0.713. The number of anilines is 1. The van der Waals surface area contributed by atoms with Gasteiger partial charge in [0.15, 0.2) is 0 Å². The summed E-state index contributed by atoms with van der Waals surface area (Å²) < 4.78 is 33.7. The van der Waals surface area contributed by atoms with Crippen molar-refractivity contribution in [3.8, 4) is 5.75 Å². The van der Waals surface area contributed by atoms with Crippen LogP contribution in [0.1, 0.15) is 25.3 Å². The predicted molar refractivity (Wildman–Crippen MR) is 109 cm³/mol. The summed E-state index contributed by atoms with van der Waals surface area (Å²) in [4.78, 5) is 14.7. The van der Waals surface area contributed by atoms with E-state index in [1.54, 1.807) is 53.4 Å². The van der Waals surface area contributed by atoms with Crippen molar-refractivity contribution in [2.24, 2.45) is 0 Å². The average Bonchev–Trinajstić information content (AvgIpc) is 3.22. The molecule has 1 fully saturated rings. The lowest BCUT2D eigenvalue weighted by molar-refractivity contribution is -0.128. The Hall–Kier alpha value is -2.54. The van der Waals surface area contributed by atoms with Crippen molar-refractivity contribution in [2.45, 2.75) is 31.6 Å². The summed E-state index contributed by atoms with van der Waals surface area (Å²) >= 11 is 0. The fourth-order valence-corrected chi connectivity index (χ4v) is 4.69. The second-order valence-corrected chi connectivity index (χ2v) is 8.68. The molecule has 0 bridgehead atoms. The molecule has 1 saturated heterocycles. The Labute approximate surface area is 166 Å². The molecule has 2 aromatic rings. The molecule has 0 saturated carbocycles. The van der Waals surface area contributed by atoms with Gasteiger partial charge in [0, 0.05) is 13.1 Å². The van der Waals surface area contributed by atoms with Gasteiger partial charge < -0.3 is 9.64 Å². The molecule has 150 valence electrons. The lowest BCUT2D eigenvalue weighted by atomic mass is 10.2. The maximum atomic E-state index is 13.5. The van der Waals surface area contributed by atoms with Crippen molar-refractivity contribution in [1.82, 2.24) is 4.90 Å². The molecule has 6 nitrogen and oxygen atoms in total. The Morgan fingerprint density at radius 3 is 2.36 bits per heavy atom. The lowest BCUT2D eigenvalue weighted by Gasteiger charge is -2.27. The molecule has 3 rings (SSSR count). The Morgan fingerprint density at radius 1 is 1.07 bits per heavy atom. The van der Waals surface area contributed by atoms with Gasteiger partial charge in [-0.25, -0.2) is 8.42 Å². The molecule has 1 aliphatic heterocycles. The third kappa shape index (κ3) is 4.30. The van der Waals surface area contributed by atoms with Gasteiger partial charge in [-0.05, 0) is 51.0 Å². The van der Waals surface area contributed by atoms with Crippen molar-refractivity contribution < 1.29 is 17.9 Å². The maximum absolute atomic E-state index is 13.5. The number of ether oxygens (including phenoxy) is 1. The molecule has 28 heavy (non-hydrogen) atoms. The average molecular weight is 403 g/mol. The molecule has 1 heterocycles. The maximum Gasteiger partial charge on any atom is 0.264 e. The van der Waals surface area contributed by atoms with Gasteiger partial charge in [0.2, 0.25) is 5.91 Å². The minimum absolute atomic E-state index is 0.152.